The molecule has 0 aromatic heterocycles. The third-order valence-electron chi connectivity index (χ3n) is 5.50. The fourth-order valence-corrected chi connectivity index (χ4v) is 4.06. The molecule has 0 amide bonds. The van der Waals surface area contributed by atoms with E-state index in [1.54, 1.807) is 0 Å². The topological polar surface area (TPSA) is 29.3 Å². The first-order chi connectivity index (χ1) is 8.79. The summed E-state index contributed by atoms with van der Waals surface area (Å²) in [7, 11) is 0. The SMILES string of the molecule is CCC1CCCCN1CCC1(CN)CCCCC1. The number of piperidine rings is 1. The summed E-state index contributed by atoms with van der Waals surface area (Å²) in [6.07, 6.45) is 14.0. The van der Waals surface area contributed by atoms with Crippen LogP contribution in [-0.4, -0.2) is 30.6 Å². The van der Waals surface area contributed by atoms with Crippen molar-refractivity contribution < 1.29 is 0 Å². The summed E-state index contributed by atoms with van der Waals surface area (Å²) in [5.41, 5.74) is 6.60. The Morgan fingerprint density at radius 2 is 1.89 bits per heavy atom. The van der Waals surface area contributed by atoms with E-state index in [0.29, 0.717) is 5.41 Å². The highest BCUT2D eigenvalue weighted by Crippen LogP contribution is 2.38. The Morgan fingerprint density at radius 1 is 1.11 bits per heavy atom. The highest BCUT2D eigenvalue weighted by molar-refractivity contribution is 4.86. The van der Waals surface area contributed by atoms with E-state index in [9.17, 15) is 0 Å². The smallest absolute Gasteiger partial charge is 0.00926 e. The van der Waals surface area contributed by atoms with Gasteiger partial charge in [-0.15, -0.1) is 0 Å². The van der Waals surface area contributed by atoms with Crippen LogP contribution in [0.1, 0.15) is 71.1 Å². The summed E-state index contributed by atoms with van der Waals surface area (Å²) in [5, 5.41) is 0. The number of rotatable bonds is 5. The Hall–Kier alpha value is -0.0800. The van der Waals surface area contributed by atoms with E-state index in [1.807, 2.05) is 0 Å². The highest BCUT2D eigenvalue weighted by Gasteiger charge is 2.31. The van der Waals surface area contributed by atoms with Gasteiger partial charge in [-0.2, -0.15) is 0 Å². The van der Waals surface area contributed by atoms with Crippen molar-refractivity contribution in [2.24, 2.45) is 11.1 Å². The first-order valence-corrected chi connectivity index (χ1v) is 8.24. The van der Waals surface area contributed by atoms with Crippen molar-refractivity contribution in [3.63, 3.8) is 0 Å². The summed E-state index contributed by atoms with van der Waals surface area (Å²) in [6.45, 7) is 5.90. The van der Waals surface area contributed by atoms with Crippen molar-refractivity contribution in [1.29, 1.82) is 0 Å². The second-order valence-corrected chi connectivity index (χ2v) is 6.61. The fraction of sp³-hybridized carbons (Fsp3) is 1.00. The van der Waals surface area contributed by atoms with Gasteiger partial charge in [-0.25, -0.2) is 0 Å². The molecule has 2 aliphatic rings. The number of nitrogens with zero attached hydrogens (tertiary/aromatic N) is 1. The van der Waals surface area contributed by atoms with Crippen LogP contribution in [-0.2, 0) is 0 Å². The lowest BCUT2D eigenvalue weighted by Gasteiger charge is -2.41. The Bertz CT molecular complexity index is 233. The molecule has 0 aromatic rings. The molecular weight excluding hydrogens is 220 g/mol. The van der Waals surface area contributed by atoms with Crippen molar-refractivity contribution in [2.45, 2.75) is 77.2 Å². The number of nitrogens with two attached hydrogens (primary N) is 1. The second-order valence-electron chi connectivity index (χ2n) is 6.61. The average molecular weight is 252 g/mol. The third-order valence-corrected chi connectivity index (χ3v) is 5.50. The maximum absolute atomic E-state index is 6.10. The number of hydrogen-bond donors (Lipinski definition) is 1. The van der Waals surface area contributed by atoms with Gasteiger partial charge in [0, 0.05) is 6.04 Å². The van der Waals surface area contributed by atoms with Gasteiger partial charge >= 0.3 is 0 Å². The Balaban J connectivity index is 1.84. The molecular formula is C16H32N2. The normalized spacial score (nSPS) is 29.3. The minimum absolute atomic E-state index is 0.494. The zero-order valence-corrected chi connectivity index (χ0v) is 12.3. The number of hydrogen-bond acceptors (Lipinski definition) is 2. The van der Waals surface area contributed by atoms with Gasteiger partial charge in [-0.05, 0) is 63.6 Å². The van der Waals surface area contributed by atoms with Crippen LogP contribution < -0.4 is 5.73 Å². The van der Waals surface area contributed by atoms with Gasteiger partial charge in [0.05, 0.1) is 0 Å². The van der Waals surface area contributed by atoms with E-state index >= 15 is 0 Å². The fourth-order valence-electron chi connectivity index (χ4n) is 4.06. The standard InChI is InChI=1S/C16H32N2/c1-2-15-8-4-7-12-18(15)13-11-16(14-17)9-5-3-6-10-16/h15H,2-14,17H2,1H3. The van der Waals surface area contributed by atoms with E-state index < -0.39 is 0 Å². The van der Waals surface area contributed by atoms with Crippen molar-refractivity contribution in [3.05, 3.63) is 0 Å². The summed E-state index contributed by atoms with van der Waals surface area (Å²) in [6, 6.07) is 0.858. The lowest BCUT2D eigenvalue weighted by atomic mass is 9.71. The molecule has 0 spiro atoms. The maximum atomic E-state index is 6.10. The summed E-state index contributed by atoms with van der Waals surface area (Å²) < 4.78 is 0. The quantitative estimate of drug-likeness (QED) is 0.811. The lowest BCUT2D eigenvalue weighted by molar-refractivity contribution is 0.0989. The molecule has 1 aliphatic heterocycles. The van der Waals surface area contributed by atoms with Crippen LogP contribution in [0.15, 0.2) is 0 Å². The van der Waals surface area contributed by atoms with Crippen molar-refractivity contribution in [2.75, 3.05) is 19.6 Å². The zero-order valence-electron chi connectivity index (χ0n) is 12.3. The molecule has 2 N–H and O–H groups in total. The Morgan fingerprint density at radius 3 is 2.56 bits per heavy atom. The minimum Gasteiger partial charge on any atom is -0.330 e. The van der Waals surface area contributed by atoms with Crippen LogP contribution in [0.4, 0.5) is 0 Å². The average Bonchev–Trinajstić information content (AvgIpc) is 2.46. The zero-order chi connectivity index (χ0) is 12.8. The lowest BCUT2D eigenvalue weighted by Crippen LogP contribution is -2.43. The summed E-state index contributed by atoms with van der Waals surface area (Å²) in [4.78, 5) is 2.76. The molecule has 2 nitrogen and oxygen atoms in total. The monoisotopic (exact) mass is 252 g/mol. The summed E-state index contributed by atoms with van der Waals surface area (Å²) in [5.74, 6) is 0. The minimum atomic E-state index is 0.494. The van der Waals surface area contributed by atoms with Crippen molar-refractivity contribution >= 4 is 0 Å². The predicted molar refractivity (Wildman–Crippen MR) is 78.7 cm³/mol. The molecule has 2 rings (SSSR count). The van der Waals surface area contributed by atoms with E-state index in [4.69, 9.17) is 5.73 Å². The van der Waals surface area contributed by atoms with E-state index in [-0.39, 0.29) is 0 Å². The van der Waals surface area contributed by atoms with E-state index in [1.165, 1.54) is 77.3 Å². The molecule has 1 saturated heterocycles. The Kier molecular flexibility index (Phi) is 5.50. The van der Waals surface area contributed by atoms with Crippen LogP contribution >= 0.6 is 0 Å². The first kappa shape index (κ1) is 14.3. The van der Waals surface area contributed by atoms with Crippen molar-refractivity contribution in [3.8, 4) is 0 Å². The molecule has 1 atom stereocenters. The largest absolute Gasteiger partial charge is 0.330 e. The molecule has 0 radical (unpaired) electrons. The van der Waals surface area contributed by atoms with Gasteiger partial charge in [0.15, 0.2) is 0 Å². The van der Waals surface area contributed by atoms with Gasteiger partial charge in [0.2, 0.25) is 0 Å². The maximum Gasteiger partial charge on any atom is 0.00926 e. The third kappa shape index (κ3) is 3.48. The van der Waals surface area contributed by atoms with Crippen LogP contribution in [0.3, 0.4) is 0 Å². The van der Waals surface area contributed by atoms with E-state index in [0.717, 1.165) is 12.6 Å². The number of likely N-dealkylation sites (tertiary alicyclic amines) is 1. The van der Waals surface area contributed by atoms with Crippen molar-refractivity contribution in [1.82, 2.24) is 4.90 Å². The van der Waals surface area contributed by atoms with Crippen LogP contribution in [0.2, 0.25) is 0 Å². The molecule has 1 aliphatic carbocycles. The molecule has 2 heteroatoms. The van der Waals surface area contributed by atoms with Crippen LogP contribution in [0, 0.1) is 5.41 Å². The van der Waals surface area contributed by atoms with Gasteiger partial charge in [-0.3, -0.25) is 0 Å². The molecule has 2 fully saturated rings. The predicted octanol–water partition coefficient (Wildman–Crippen LogP) is 3.55. The molecule has 1 heterocycles. The second kappa shape index (κ2) is 6.91. The van der Waals surface area contributed by atoms with Gasteiger partial charge in [0.1, 0.15) is 0 Å². The molecule has 1 saturated carbocycles. The van der Waals surface area contributed by atoms with Crippen LogP contribution in [0.25, 0.3) is 0 Å². The molecule has 106 valence electrons. The summed E-state index contributed by atoms with van der Waals surface area (Å²) >= 11 is 0. The van der Waals surface area contributed by atoms with Gasteiger partial charge < -0.3 is 10.6 Å². The van der Waals surface area contributed by atoms with Gasteiger partial charge in [0.25, 0.3) is 0 Å². The first-order valence-electron chi connectivity index (χ1n) is 8.24. The Labute approximate surface area is 113 Å². The molecule has 0 aromatic carbocycles. The molecule has 18 heavy (non-hydrogen) atoms. The molecule has 1 unspecified atom stereocenters. The molecule has 0 bridgehead atoms. The highest BCUT2D eigenvalue weighted by atomic mass is 15.2. The van der Waals surface area contributed by atoms with Gasteiger partial charge in [-0.1, -0.05) is 32.6 Å². The van der Waals surface area contributed by atoms with E-state index in [2.05, 4.69) is 11.8 Å². The van der Waals surface area contributed by atoms with Crippen LogP contribution in [0.5, 0.6) is 0 Å².